The number of nitrogens with one attached hydrogen (secondary N) is 2. The van der Waals surface area contributed by atoms with Gasteiger partial charge >= 0.3 is 6.18 Å². The molecule has 3 aromatic rings. The van der Waals surface area contributed by atoms with Gasteiger partial charge in [0.25, 0.3) is 15.9 Å². The summed E-state index contributed by atoms with van der Waals surface area (Å²) >= 11 is 0. The van der Waals surface area contributed by atoms with Crippen LogP contribution in [0.4, 0.5) is 33.3 Å². The fourth-order valence-electron chi connectivity index (χ4n) is 2.62. The summed E-state index contributed by atoms with van der Waals surface area (Å²) in [5, 5.41) is 2.13. The van der Waals surface area contributed by atoms with Crippen LogP contribution in [0.15, 0.2) is 71.6 Å². The Morgan fingerprint density at radius 2 is 1.64 bits per heavy atom. The first kappa shape index (κ1) is 24.0. The normalized spacial score (nSPS) is 11.7. The third-order valence-corrected chi connectivity index (χ3v) is 5.55. The highest BCUT2D eigenvalue weighted by molar-refractivity contribution is 7.92. The number of carbonyl (C=O) groups is 1. The number of anilines is 2. The van der Waals surface area contributed by atoms with Gasteiger partial charge in [0.2, 0.25) is 0 Å². The molecule has 174 valence electrons. The van der Waals surface area contributed by atoms with E-state index < -0.39 is 45.9 Å². The van der Waals surface area contributed by atoms with Gasteiger partial charge in [0.15, 0.2) is 6.61 Å². The number of hydrogen-bond acceptors (Lipinski definition) is 4. The second-order valence-corrected chi connectivity index (χ2v) is 8.30. The van der Waals surface area contributed by atoms with Crippen LogP contribution in [0.1, 0.15) is 5.56 Å². The van der Waals surface area contributed by atoms with Crippen LogP contribution in [0.3, 0.4) is 0 Å². The Labute approximate surface area is 185 Å². The summed E-state index contributed by atoms with van der Waals surface area (Å²) in [5.74, 6) is -2.29. The molecule has 0 saturated carbocycles. The van der Waals surface area contributed by atoms with Gasteiger partial charge in [-0.15, -0.1) is 0 Å². The lowest BCUT2D eigenvalue weighted by atomic mass is 10.2. The summed E-state index contributed by atoms with van der Waals surface area (Å²) in [6, 6.07) is 10.9. The van der Waals surface area contributed by atoms with Crippen LogP contribution < -0.4 is 14.8 Å². The third kappa shape index (κ3) is 6.42. The Morgan fingerprint density at radius 1 is 0.939 bits per heavy atom. The lowest BCUT2D eigenvalue weighted by Crippen LogP contribution is -2.21. The monoisotopic (exact) mass is 486 g/mol. The van der Waals surface area contributed by atoms with Crippen molar-refractivity contribution in [2.24, 2.45) is 0 Å². The number of rotatable bonds is 7. The zero-order valence-electron chi connectivity index (χ0n) is 16.5. The second-order valence-electron chi connectivity index (χ2n) is 6.62. The molecule has 0 atom stereocenters. The van der Waals surface area contributed by atoms with Crippen LogP contribution >= 0.6 is 0 Å². The van der Waals surface area contributed by atoms with E-state index in [1.54, 1.807) is 0 Å². The minimum Gasteiger partial charge on any atom is -0.484 e. The van der Waals surface area contributed by atoms with Gasteiger partial charge in [-0.25, -0.2) is 17.2 Å². The van der Waals surface area contributed by atoms with E-state index in [4.69, 9.17) is 4.74 Å². The Bertz CT molecular complexity index is 1260. The van der Waals surface area contributed by atoms with E-state index >= 15 is 0 Å². The van der Waals surface area contributed by atoms with Crippen LogP contribution in [0.5, 0.6) is 5.75 Å². The number of sulfonamides is 1. The average molecular weight is 486 g/mol. The highest BCUT2D eigenvalue weighted by Crippen LogP contribution is 2.31. The lowest BCUT2D eigenvalue weighted by molar-refractivity contribution is -0.137. The third-order valence-electron chi connectivity index (χ3n) is 4.15. The van der Waals surface area contributed by atoms with E-state index in [1.165, 1.54) is 18.2 Å². The summed E-state index contributed by atoms with van der Waals surface area (Å²) in [6.07, 6.45) is -4.63. The highest BCUT2D eigenvalue weighted by Gasteiger charge is 2.30. The SMILES string of the molecule is O=C(COc1ccc(S(=O)(=O)Nc2cccc(C(F)(F)F)c2)cc1)Nc1cc(F)ccc1F. The first-order valence-electron chi connectivity index (χ1n) is 9.12. The maximum absolute atomic E-state index is 13.5. The van der Waals surface area contributed by atoms with E-state index in [-0.39, 0.29) is 22.0 Å². The molecule has 0 unspecified atom stereocenters. The fraction of sp³-hybridized carbons (Fsp3) is 0.0952. The van der Waals surface area contributed by atoms with Crippen molar-refractivity contribution in [2.75, 3.05) is 16.6 Å². The van der Waals surface area contributed by atoms with Gasteiger partial charge in [0, 0.05) is 11.8 Å². The molecule has 0 heterocycles. The Kier molecular flexibility index (Phi) is 6.86. The molecule has 0 saturated heterocycles. The smallest absolute Gasteiger partial charge is 0.416 e. The van der Waals surface area contributed by atoms with E-state index in [1.807, 2.05) is 0 Å². The van der Waals surface area contributed by atoms with Gasteiger partial charge in [-0.3, -0.25) is 9.52 Å². The molecular formula is C21H15F5N2O4S. The second kappa shape index (κ2) is 9.45. The fourth-order valence-corrected chi connectivity index (χ4v) is 3.67. The predicted molar refractivity (Wildman–Crippen MR) is 109 cm³/mol. The van der Waals surface area contributed by atoms with Crippen molar-refractivity contribution in [1.29, 1.82) is 0 Å². The molecule has 0 radical (unpaired) electrons. The van der Waals surface area contributed by atoms with Crippen molar-refractivity contribution in [3.8, 4) is 5.75 Å². The first-order chi connectivity index (χ1) is 15.4. The molecule has 33 heavy (non-hydrogen) atoms. The summed E-state index contributed by atoms with van der Waals surface area (Å²) in [6.45, 7) is -0.579. The van der Waals surface area contributed by atoms with Crippen molar-refractivity contribution in [1.82, 2.24) is 0 Å². The molecule has 0 bridgehead atoms. The molecule has 3 rings (SSSR count). The Morgan fingerprint density at radius 3 is 2.30 bits per heavy atom. The van der Waals surface area contributed by atoms with Crippen molar-refractivity contribution >= 4 is 27.3 Å². The first-order valence-corrected chi connectivity index (χ1v) is 10.6. The van der Waals surface area contributed by atoms with Gasteiger partial charge in [-0.2, -0.15) is 13.2 Å². The number of amides is 1. The van der Waals surface area contributed by atoms with Gasteiger partial charge in [-0.1, -0.05) is 6.07 Å². The van der Waals surface area contributed by atoms with Crippen molar-refractivity contribution < 1.29 is 39.9 Å². The van der Waals surface area contributed by atoms with Crippen LogP contribution in [0.2, 0.25) is 0 Å². The minimum atomic E-state index is -4.63. The summed E-state index contributed by atoms with van der Waals surface area (Å²) in [4.78, 5) is 11.6. The van der Waals surface area contributed by atoms with Gasteiger partial charge in [-0.05, 0) is 54.6 Å². The molecule has 0 aromatic heterocycles. The molecule has 12 heteroatoms. The number of carbonyl (C=O) groups excluding carboxylic acids is 1. The predicted octanol–water partition coefficient (Wildman–Crippen LogP) is 4.80. The minimum absolute atomic E-state index is 0.0860. The zero-order valence-corrected chi connectivity index (χ0v) is 17.3. The lowest BCUT2D eigenvalue weighted by Gasteiger charge is -2.12. The molecule has 0 aliphatic rings. The topological polar surface area (TPSA) is 84.5 Å². The van der Waals surface area contributed by atoms with Crippen LogP contribution in [0.25, 0.3) is 0 Å². The average Bonchev–Trinajstić information content (AvgIpc) is 2.74. The number of ether oxygens (including phenoxy) is 1. The number of hydrogen-bond donors (Lipinski definition) is 2. The van der Waals surface area contributed by atoms with Crippen LogP contribution in [-0.2, 0) is 21.0 Å². The largest absolute Gasteiger partial charge is 0.484 e. The van der Waals surface area contributed by atoms with Gasteiger partial charge in [0.1, 0.15) is 17.4 Å². The molecule has 0 fully saturated rings. The summed E-state index contributed by atoms with van der Waals surface area (Å²) in [7, 11) is -4.20. The highest BCUT2D eigenvalue weighted by atomic mass is 32.2. The van der Waals surface area contributed by atoms with Crippen LogP contribution in [0, 0.1) is 11.6 Å². The summed E-state index contributed by atoms with van der Waals surface area (Å²) in [5.41, 5.74) is -1.65. The van der Waals surface area contributed by atoms with Gasteiger partial charge < -0.3 is 10.1 Å². The molecule has 1 amide bonds. The molecular weight excluding hydrogens is 471 g/mol. The van der Waals surface area contributed by atoms with Gasteiger partial charge in [0.05, 0.1) is 16.1 Å². The van der Waals surface area contributed by atoms with E-state index in [2.05, 4.69) is 10.0 Å². The van der Waals surface area contributed by atoms with Crippen LogP contribution in [-0.4, -0.2) is 20.9 Å². The molecule has 6 nitrogen and oxygen atoms in total. The maximum atomic E-state index is 13.5. The van der Waals surface area contributed by atoms with E-state index in [0.717, 1.165) is 42.5 Å². The molecule has 0 spiro atoms. The molecule has 0 aliphatic heterocycles. The Hall–Kier alpha value is -3.67. The molecule has 0 aliphatic carbocycles. The zero-order chi connectivity index (χ0) is 24.2. The number of alkyl halides is 3. The van der Waals surface area contributed by atoms with Crippen molar-refractivity contribution in [3.63, 3.8) is 0 Å². The standard InChI is InChI=1S/C21H15F5N2O4S/c22-14-4-9-18(23)19(11-14)27-20(29)12-32-16-5-7-17(8-6-16)33(30,31)28-15-3-1-2-13(10-15)21(24,25)26/h1-11,28H,12H2,(H,27,29). The quantitative estimate of drug-likeness (QED) is 0.470. The molecule has 3 aromatic carbocycles. The maximum Gasteiger partial charge on any atom is 0.416 e. The van der Waals surface area contributed by atoms with Crippen molar-refractivity contribution in [2.45, 2.75) is 11.1 Å². The number of benzene rings is 3. The number of halogens is 5. The van der Waals surface area contributed by atoms with E-state index in [9.17, 15) is 35.2 Å². The summed E-state index contributed by atoms with van der Waals surface area (Å²) < 4.78 is 97.2. The van der Waals surface area contributed by atoms with Crippen molar-refractivity contribution in [3.05, 3.63) is 83.9 Å². The Balaban J connectivity index is 1.62. The van der Waals surface area contributed by atoms with E-state index in [0.29, 0.717) is 6.07 Å². The molecule has 2 N–H and O–H groups in total.